The zero-order chi connectivity index (χ0) is 14.4. The first-order chi connectivity index (χ1) is 8.87. The van der Waals surface area contributed by atoms with E-state index in [9.17, 15) is 0 Å². The first kappa shape index (κ1) is 17.0. The highest BCUT2D eigenvalue weighted by Crippen LogP contribution is 2.32. The molecule has 0 spiro atoms. The van der Waals surface area contributed by atoms with Gasteiger partial charge >= 0.3 is 0 Å². The summed E-state index contributed by atoms with van der Waals surface area (Å²) in [5.41, 5.74) is 6.57. The van der Waals surface area contributed by atoms with Gasteiger partial charge in [0, 0.05) is 5.54 Å². The van der Waals surface area contributed by atoms with Crippen molar-refractivity contribution >= 4 is 0 Å². The van der Waals surface area contributed by atoms with Crippen LogP contribution in [0.15, 0.2) is 0 Å². The fourth-order valence-corrected chi connectivity index (χ4v) is 3.46. The Balaban J connectivity index is 2.24. The third-order valence-electron chi connectivity index (χ3n) is 4.98. The summed E-state index contributed by atoms with van der Waals surface area (Å²) in [7, 11) is 0. The maximum atomic E-state index is 5.75. The summed E-state index contributed by atoms with van der Waals surface area (Å²) < 4.78 is 0. The van der Waals surface area contributed by atoms with Gasteiger partial charge in [-0.15, -0.1) is 0 Å². The van der Waals surface area contributed by atoms with Crippen molar-refractivity contribution in [3.63, 3.8) is 0 Å². The Morgan fingerprint density at radius 3 is 2.26 bits per heavy atom. The van der Waals surface area contributed by atoms with Crippen LogP contribution < -0.4 is 11.1 Å². The van der Waals surface area contributed by atoms with Gasteiger partial charge in [0.2, 0.25) is 0 Å². The molecule has 0 aromatic heterocycles. The molecule has 19 heavy (non-hydrogen) atoms. The lowest BCUT2D eigenvalue weighted by atomic mass is 9.76. The molecule has 1 saturated carbocycles. The van der Waals surface area contributed by atoms with Crippen LogP contribution in [-0.4, -0.2) is 18.6 Å². The van der Waals surface area contributed by atoms with E-state index in [1.807, 2.05) is 0 Å². The van der Waals surface area contributed by atoms with Crippen LogP contribution in [0, 0.1) is 11.3 Å². The highest BCUT2D eigenvalue weighted by molar-refractivity contribution is 4.86. The second-order valence-electron chi connectivity index (χ2n) is 7.83. The summed E-state index contributed by atoms with van der Waals surface area (Å²) in [6, 6.07) is 0. The summed E-state index contributed by atoms with van der Waals surface area (Å²) in [5, 5.41) is 3.82. The molecular weight excluding hydrogens is 232 g/mol. The highest BCUT2D eigenvalue weighted by Gasteiger charge is 2.26. The molecule has 3 N–H and O–H groups in total. The van der Waals surface area contributed by atoms with E-state index in [1.165, 1.54) is 57.9 Å². The molecule has 0 heterocycles. The molecule has 0 radical (unpaired) electrons. The maximum Gasteiger partial charge on any atom is 0.0153 e. The molecule has 1 fully saturated rings. The van der Waals surface area contributed by atoms with Crippen LogP contribution in [0.3, 0.4) is 0 Å². The van der Waals surface area contributed by atoms with Gasteiger partial charge in [-0.05, 0) is 63.5 Å². The molecule has 0 aromatic rings. The quantitative estimate of drug-likeness (QED) is 0.683. The van der Waals surface area contributed by atoms with Gasteiger partial charge < -0.3 is 11.1 Å². The lowest BCUT2D eigenvalue weighted by Crippen LogP contribution is -2.44. The van der Waals surface area contributed by atoms with Gasteiger partial charge in [-0.3, -0.25) is 0 Å². The fourth-order valence-electron chi connectivity index (χ4n) is 3.46. The molecule has 1 atom stereocenters. The van der Waals surface area contributed by atoms with Crippen LogP contribution in [0.4, 0.5) is 0 Å². The summed E-state index contributed by atoms with van der Waals surface area (Å²) in [6.07, 6.45) is 10.7. The van der Waals surface area contributed by atoms with Gasteiger partial charge in [0.05, 0.1) is 0 Å². The molecule has 2 heteroatoms. The van der Waals surface area contributed by atoms with Crippen molar-refractivity contribution in [3.05, 3.63) is 0 Å². The van der Waals surface area contributed by atoms with Crippen LogP contribution in [-0.2, 0) is 0 Å². The molecule has 0 bridgehead atoms. The largest absolute Gasteiger partial charge is 0.330 e. The van der Waals surface area contributed by atoms with Crippen LogP contribution >= 0.6 is 0 Å². The zero-order valence-electron chi connectivity index (χ0n) is 13.7. The predicted molar refractivity (Wildman–Crippen MR) is 85.3 cm³/mol. The normalized spacial score (nSPS) is 21.3. The zero-order valence-corrected chi connectivity index (χ0v) is 13.7. The van der Waals surface area contributed by atoms with Crippen molar-refractivity contribution in [2.24, 2.45) is 17.1 Å². The Labute approximate surface area is 120 Å². The molecule has 2 nitrogen and oxygen atoms in total. The molecule has 1 aliphatic carbocycles. The standard InChI is InChI=1S/C17H36N2/c1-16(2,3)15(10-13-18)9-8-14-19-17(4)11-6-5-7-12-17/h15,19H,5-14,18H2,1-4H3. The van der Waals surface area contributed by atoms with E-state index < -0.39 is 0 Å². The molecule has 1 unspecified atom stereocenters. The Hall–Kier alpha value is -0.0800. The second-order valence-corrected chi connectivity index (χ2v) is 7.83. The minimum Gasteiger partial charge on any atom is -0.330 e. The smallest absolute Gasteiger partial charge is 0.0153 e. The fraction of sp³-hybridized carbons (Fsp3) is 1.00. The Morgan fingerprint density at radius 1 is 1.11 bits per heavy atom. The van der Waals surface area contributed by atoms with E-state index in [4.69, 9.17) is 5.73 Å². The molecule has 1 aliphatic rings. The summed E-state index contributed by atoms with van der Waals surface area (Å²) >= 11 is 0. The monoisotopic (exact) mass is 268 g/mol. The van der Waals surface area contributed by atoms with Crippen molar-refractivity contribution in [1.82, 2.24) is 5.32 Å². The molecule has 0 saturated heterocycles. The maximum absolute atomic E-state index is 5.75. The first-order valence-electron chi connectivity index (χ1n) is 8.32. The van der Waals surface area contributed by atoms with Crippen LogP contribution in [0.5, 0.6) is 0 Å². The summed E-state index contributed by atoms with van der Waals surface area (Å²) in [5.74, 6) is 0.762. The molecule has 0 aliphatic heterocycles. The highest BCUT2D eigenvalue weighted by atomic mass is 15.0. The van der Waals surface area contributed by atoms with Gasteiger partial charge in [-0.25, -0.2) is 0 Å². The average molecular weight is 268 g/mol. The third-order valence-corrected chi connectivity index (χ3v) is 4.98. The Kier molecular flexibility index (Phi) is 6.82. The predicted octanol–water partition coefficient (Wildman–Crippen LogP) is 4.09. The van der Waals surface area contributed by atoms with E-state index in [-0.39, 0.29) is 0 Å². The molecular formula is C17H36N2. The average Bonchev–Trinajstić information content (AvgIpc) is 2.32. The Bertz CT molecular complexity index is 236. The number of rotatable bonds is 7. The second kappa shape index (κ2) is 7.64. The van der Waals surface area contributed by atoms with Gasteiger partial charge in [-0.2, -0.15) is 0 Å². The lowest BCUT2D eigenvalue weighted by Gasteiger charge is -2.35. The third kappa shape index (κ3) is 6.27. The molecule has 1 rings (SSSR count). The molecule has 114 valence electrons. The van der Waals surface area contributed by atoms with E-state index in [1.54, 1.807) is 0 Å². The van der Waals surface area contributed by atoms with Crippen LogP contribution in [0.2, 0.25) is 0 Å². The number of hydrogen-bond acceptors (Lipinski definition) is 2. The van der Waals surface area contributed by atoms with Crippen LogP contribution in [0.1, 0.15) is 79.1 Å². The van der Waals surface area contributed by atoms with Crippen molar-refractivity contribution in [2.75, 3.05) is 13.1 Å². The van der Waals surface area contributed by atoms with Gasteiger partial charge in [0.15, 0.2) is 0 Å². The Morgan fingerprint density at radius 2 is 1.74 bits per heavy atom. The minimum absolute atomic E-state index is 0.397. The van der Waals surface area contributed by atoms with Crippen molar-refractivity contribution in [1.29, 1.82) is 0 Å². The minimum atomic E-state index is 0.397. The van der Waals surface area contributed by atoms with Gasteiger partial charge in [-0.1, -0.05) is 40.0 Å². The summed E-state index contributed by atoms with van der Waals surface area (Å²) in [6.45, 7) is 11.5. The van der Waals surface area contributed by atoms with Crippen molar-refractivity contribution < 1.29 is 0 Å². The molecule has 0 aromatic carbocycles. The molecule has 0 amide bonds. The van der Waals surface area contributed by atoms with Crippen molar-refractivity contribution in [2.45, 2.75) is 84.6 Å². The SMILES string of the molecule is CC1(NCCCC(CCN)C(C)(C)C)CCCCC1. The van der Waals surface area contributed by atoms with E-state index >= 15 is 0 Å². The summed E-state index contributed by atoms with van der Waals surface area (Å²) in [4.78, 5) is 0. The van der Waals surface area contributed by atoms with Gasteiger partial charge in [0.25, 0.3) is 0 Å². The van der Waals surface area contributed by atoms with E-state index in [2.05, 4.69) is 33.0 Å². The lowest BCUT2D eigenvalue weighted by molar-refractivity contribution is 0.202. The van der Waals surface area contributed by atoms with Crippen molar-refractivity contribution in [3.8, 4) is 0 Å². The number of hydrogen-bond donors (Lipinski definition) is 2. The van der Waals surface area contributed by atoms with E-state index in [0.29, 0.717) is 11.0 Å². The van der Waals surface area contributed by atoms with Gasteiger partial charge in [0.1, 0.15) is 0 Å². The topological polar surface area (TPSA) is 38.0 Å². The van der Waals surface area contributed by atoms with Crippen LogP contribution in [0.25, 0.3) is 0 Å². The number of nitrogens with two attached hydrogens (primary N) is 1. The number of nitrogens with one attached hydrogen (secondary N) is 1. The van der Waals surface area contributed by atoms with E-state index in [0.717, 1.165) is 12.5 Å². The first-order valence-corrected chi connectivity index (χ1v) is 8.32.